The molecule has 2 aliphatic rings. The molecule has 2 aliphatic heterocycles. The van der Waals surface area contributed by atoms with Gasteiger partial charge in [-0.3, -0.25) is 9.80 Å². The first kappa shape index (κ1) is 24.0. The van der Waals surface area contributed by atoms with Crippen molar-refractivity contribution in [1.29, 1.82) is 0 Å². The molecular formula is C22H50N4O2. The average molecular weight is 403 g/mol. The summed E-state index contributed by atoms with van der Waals surface area (Å²) in [5, 5.41) is 6.89. The zero-order chi connectivity index (χ0) is 20.2. The molecule has 0 saturated carbocycles. The Balaban J connectivity index is 0.00000420. The van der Waals surface area contributed by atoms with Crippen molar-refractivity contribution in [3.63, 3.8) is 0 Å². The summed E-state index contributed by atoms with van der Waals surface area (Å²) >= 11 is 0. The summed E-state index contributed by atoms with van der Waals surface area (Å²) in [6, 6.07) is 0.543. The van der Waals surface area contributed by atoms with Gasteiger partial charge in [0.15, 0.2) is 0 Å². The molecule has 0 atom stereocenters. The van der Waals surface area contributed by atoms with Crippen molar-refractivity contribution in [3.05, 3.63) is 0 Å². The van der Waals surface area contributed by atoms with Gasteiger partial charge in [0.25, 0.3) is 0 Å². The van der Waals surface area contributed by atoms with Crippen molar-refractivity contribution in [1.82, 2.24) is 20.4 Å². The second kappa shape index (κ2) is 13.1. The Morgan fingerprint density at radius 1 is 0.857 bits per heavy atom. The van der Waals surface area contributed by atoms with E-state index in [0.717, 1.165) is 65.1 Å². The normalized spacial score (nSPS) is 19.5. The third-order valence-corrected chi connectivity index (χ3v) is 6.15. The van der Waals surface area contributed by atoms with E-state index < -0.39 is 0 Å². The fourth-order valence-corrected chi connectivity index (χ4v) is 4.36. The van der Waals surface area contributed by atoms with Crippen LogP contribution in [0, 0.1) is 11.3 Å². The van der Waals surface area contributed by atoms with Gasteiger partial charge in [0.2, 0.25) is 0 Å². The van der Waals surface area contributed by atoms with Crippen LogP contribution in [0.25, 0.3) is 0 Å². The molecule has 1 spiro atoms. The van der Waals surface area contributed by atoms with Gasteiger partial charge in [-0.2, -0.15) is 0 Å². The summed E-state index contributed by atoms with van der Waals surface area (Å²) in [6.45, 7) is 22.5. The van der Waals surface area contributed by atoms with Gasteiger partial charge in [0, 0.05) is 66.7 Å². The first-order chi connectivity index (χ1) is 13.6. The Labute approximate surface area is 176 Å². The number of nitrogens with one attached hydrogen (secondary N) is 2. The zero-order valence-electron chi connectivity index (χ0n) is 19.0. The highest BCUT2D eigenvalue weighted by Gasteiger charge is 2.50. The van der Waals surface area contributed by atoms with Crippen molar-refractivity contribution in [2.24, 2.45) is 11.3 Å². The first-order valence-electron chi connectivity index (χ1n) is 11.6. The molecule has 0 radical (unpaired) electrons. The van der Waals surface area contributed by atoms with Gasteiger partial charge in [-0.25, -0.2) is 0 Å². The molecule has 2 saturated heterocycles. The zero-order valence-corrected chi connectivity index (χ0v) is 19.0. The Bertz CT molecular complexity index is 401. The lowest BCUT2D eigenvalue weighted by Gasteiger charge is -2.60. The largest absolute Gasteiger partial charge is 0.379 e. The molecule has 0 unspecified atom stereocenters. The summed E-state index contributed by atoms with van der Waals surface area (Å²) in [4.78, 5) is 5.08. The smallest absolute Gasteiger partial charge is 0.0594 e. The number of ether oxygens (including phenoxy) is 2. The van der Waals surface area contributed by atoms with Crippen LogP contribution in [-0.4, -0.2) is 101 Å². The molecule has 6 heteroatoms. The van der Waals surface area contributed by atoms with Gasteiger partial charge >= 0.3 is 0 Å². The Morgan fingerprint density at radius 3 is 1.89 bits per heavy atom. The van der Waals surface area contributed by atoms with Crippen LogP contribution < -0.4 is 10.6 Å². The average Bonchev–Trinajstić information content (AvgIpc) is 2.61. The predicted octanol–water partition coefficient (Wildman–Crippen LogP) is 2.15. The molecule has 0 amide bonds. The van der Waals surface area contributed by atoms with Crippen LogP contribution in [0.15, 0.2) is 0 Å². The number of nitrogens with zero attached hydrogens (tertiary/aromatic N) is 2. The van der Waals surface area contributed by atoms with Crippen molar-refractivity contribution < 1.29 is 12.3 Å². The fraction of sp³-hybridized carbons (Fsp3) is 1.00. The molecule has 0 bridgehead atoms. The summed E-state index contributed by atoms with van der Waals surface area (Å²) in [5.41, 5.74) is 0.579. The van der Waals surface area contributed by atoms with E-state index in [1.807, 2.05) is 0 Å². The number of likely N-dealkylation sites (tertiary alicyclic amines) is 2. The van der Waals surface area contributed by atoms with Gasteiger partial charge in [0.1, 0.15) is 0 Å². The van der Waals surface area contributed by atoms with Crippen molar-refractivity contribution in [3.8, 4) is 0 Å². The maximum Gasteiger partial charge on any atom is 0.0594 e. The highest BCUT2D eigenvalue weighted by Crippen LogP contribution is 2.38. The third-order valence-electron chi connectivity index (χ3n) is 6.15. The van der Waals surface area contributed by atoms with E-state index in [-0.39, 0.29) is 2.85 Å². The van der Waals surface area contributed by atoms with Crippen LogP contribution >= 0.6 is 0 Å². The number of hydrogen-bond donors (Lipinski definition) is 2. The van der Waals surface area contributed by atoms with Crippen molar-refractivity contribution in [2.45, 2.75) is 46.6 Å². The van der Waals surface area contributed by atoms with Crippen LogP contribution in [0.2, 0.25) is 0 Å². The minimum Gasteiger partial charge on any atom is -0.379 e. The standard InChI is InChI=1S/C22H46N4O2.2H2/c1-5-21(6-2)15-23-7-11-27-13-9-25-16-22(17-25)18-26(19-22)10-14-28-12-8-24-20(3)4;;/h20-21,23-24H,5-19H2,1-4H3;2*1H. The van der Waals surface area contributed by atoms with Gasteiger partial charge in [-0.1, -0.05) is 40.5 Å². The quantitative estimate of drug-likeness (QED) is 0.364. The topological polar surface area (TPSA) is 49.0 Å². The molecule has 0 aromatic carbocycles. The van der Waals surface area contributed by atoms with E-state index in [9.17, 15) is 0 Å². The molecule has 28 heavy (non-hydrogen) atoms. The molecule has 0 aromatic rings. The maximum atomic E-state index is 5.79. The van der Waals surface area contributed by atoms with Gasteiger partial charge in [-0.05, 0) is 12.5 Å². The fourth-order valence-electron chi connectivity index (χ4n) is 4.36. The molecule has 2 rings (SSSR count). The SMILES string of the molecule is CCC(CC)CNCCOCCN1CC2(C1)CN(CCOCCNC(C)C)C2.[HH].[HH]. The Kier molecular flexibility index (Phi) is 11.3. The molecule has 0 aromatic heterocycles. The second-order valence-corrected chi connectivity index (χ2v) is 9.14. The molecule has 2 N–H and O–H groups in total. The molecule has 2 fully saturated rings. The van der Waals surface area contributed by atoms with Crippen LogP contribution in [0.1, 0.15) is 43.4 Å². The summed E-state index contributed by atoms with van der Waals surface area (Å²) < 4.78 is 11.5. The minimum atomic E-state index is 0. The highest BCUT2D eigenvalue weighted by molar-refractivity contribution is 5.05. The summed E-state index contributed by atoms with van der Waals surface area (Å²) in [6.07, 6.45) is 2.53. The third kappa shape index (κ3) is 8.64. The van der Waals surface area contributed by atoms with Gasteiger partial charge in [-0.15, -0.1) is 0 Å². The van der Waals surface area contributed by atoms with E-state index in [1.165, 1.54) is 39.0 Å². The minimum absolute atomic E-state index is 0. The van der Waals surface area contributed by atoms with Crippen LogP contribution in [-0.2, 0) is 9.47 Å². The van der Waals surface area contributed by atoms with E-state index in [1.54, 1.807) is 0 Å². The molecule has 0 aliphatic carbocycles. The number of hydrogen-bond acceptors (Lipinski definition) is 6. The number of rotatable bonds is 17. The second-order valence-electron chi connectivity index (χ2n) is 9.14. The van der Waals surface area contributed by atoms with E-state index >= 15 is 0 Å². The Hall–Kier alpha value is -0.240. The maximum absolute atomic E-state index is 5.79. The van der Waals surface area contributed by atoms with Crippen molar-refractivity contribution >= 4 is 0 Å². The van der Waals surface area contributed by atoms with E-state index in [2.05, 4.69) is 48.1 Å². The lowest BCUT2D eigenvalue weighted by Crippen LogP contribution is -2.72. The van der Waals surface area contributed by atoms with Gasteiger partial charge in [0.05, 0.1) is 26.4 Å². The first-order valence-corrected chi connectivity index (χ1v) is 11.6. The highest BCUT2D eigenvalue weighted by atomic mass is 16.5. The molecule has 2 heterocycles. The predicted molar refractivity (Wildman–Crippen MR) is 121 cm³/mol. The van der Waals surface area contributed by atoms with Crippen LogP contribution in [0.4, 0.5) is 0 Å². The van der Waals surface area contributed by atoms with Crippen molar-refractivity contribution in [2.75, 3.05) is 85.3 Å². The lowest BCUT2D eigenvalue weighted by atomic mass is 9.73. The van der Waals surface area contributed by atoms with Crippen LogP contribution in [0.5, 0.6) is 0 Å². The van der Waals surface area contributed by atoms with Gasteiger partial charge < -0.3 is 20.1 Å². The van der Waals surface area contributed by atoms with E-state index in [0.29, 0.717) is 11.5 Å². The van der Waals surface area contributed by atoms with E-state index in [4.69, 9.17) is 9.47 Å². The summed E-state index contributed by atoms with van der Waals surface area (Å²) in [7, 11) is 0. The monoisotopic (exact) mass is 402 g/mol. The van der Waals surface area contributed by atoms with Crippen LogP contribution in [0.3, 0.4) is 0 Å². The lowest BCUT2D eigenvalue weighted by molar-refractivity contribution is -0.123. The molecule has 6 nitrogen and oxygen atoms in total. The molecular weight excluding hydrogens is 352 g/mol. The summed E-state index contributed by atoms with van der Waals surface area (Å²) in [5.74, 6) is 0.813. The molecule has 170 valence electrons. The Morgan fingerprint density at radius 2 is 1.39 bits per heavy atom.